The average molecular weight is 442 g/mol. The molecule has 4 aromatic rings. The number of fused-ring (bicyclic) bond motifs is 1. The lowest BCUT2D eigenvalue weighted by atomic mass is 9.97. The summed E-state index contributed by atoms with van der Waals surface area (Å²) in [4.78, 5) is 16.0. The summed E-state index contributed by atoms with van der Waals surface area (Å²) in [5.74, 6) is 2.02. The van der Waals surface area contributed by atoms with Gasteiger partial charge in [0.25, 0.3) is 0 Å². The predicted octanol–water partition coefficient (Wildman–Crippen LogP) is 5.81. The average Bonchev–Trinajstić information content (AvgIpc) is 3.52. The van der Waals surface area contributed by atoms with Crippen molar-refractivity contribution < 1.29 is 18.7 Å². The van der Waals surface area contributed by atoms with Crippen LogP contribution in [0, 0.1) is 0 Å². The van der Waals surface area contributed by atoms with Gasteiger partial charge in [0, 0.05) is 23.1 Å². The molecule has 33 heavy (non-hydrogen) atoms. The van der Waals surface area contributed by atoms with Crippen LogP contribution in [0.25, 0.3) is 22.3 Å². The van der Waals surface area contributed by atoms with E-state index in [0.29, 0.717) is 29.1 Å². The highest BCUT2D eigenvalue weighted by Crippen LogP contribution is 2.36. The van der Waals surface area contributed by atoms with Crippen LogP contribution in [0.5, 0.6) is 11.5 Å². The molecule has 0 spiro atoms. The van der Waals surface area contributed by atoms with Crippen molar-refractivity contribution in [2.45, 2.75) is 12.8 Å². The summed E-state index contributed by atoms with van der Waals surface area (Å²) < 4.78 is 17.3. The van der Waals surface area contributed by atoms with E-state index in [9.17, 15) is 4.79 Å². The van der Waals surface area contributed by atoms with E-state index in [4.69, 9.17) is 13.9 Å². The number of rotatable bonds is 8. The number of para-hydroxylation sites is 1. The molecule has 0 bridgehead atoms. The van der Waals surface area contributed by atoms with Crippen LogP contribution < -0.4 is 9.47 Å². The lowest BCUT2D eigenvalue weighted by molar-refractivity contribution is 0.104. The number of likely N-dealkylation sites (tertiary alicyclic amines) is 1. The zero-order valence-electron chi connectivity index (χ0n) is 18.8. The molecule has 5 rings (SSSR count). The summed E-state index contributed by atoms with van der Waals surface area (Å²) in [6.45, 7) is 3.91. The van der Waals surface area contributed by atoms with Gasteiger partial charge in [-0.25, -0.2) is 0 Å². The number of carbonyl (C=O) groups excluding carboxylic acids is 1. The molecule has 1 fully saturated rings. The Bertz CT molecular complexity index is 1240. The van der Waals surface area contributed by atoms with Crippen LogP contribution in [-0.2, 0) is 0 Å². The molecule has 3 aromatic carbocycles. The van der Waals surface area contributed by atoms with Gasteiger partial charge < -0.3 is 13.9 Å². The highest BCUT2D eigenvalue weighted by Gasteiger charge is 2.23. The minimum Gasteiger partial charge on any atom is -0.497 e. The normalized spacial score (nSPS) is 14.0. The molecule has 0 aliphatic carbocycles. The smallest absolute Gasteiger partial charge is 0.197 e. The summed E-state index contributed by atoms with van der Waals surface area (Å²) in [7, 11) is 1.63. The van der Waals surface area contributed by atoms with Gasteiger partial charge >= 0.3 is 0 Å². The van der Waals surface area contributed by atoms with Crippen molar-refractivity contribution in [1.29, 1.82) is 0 Å². The second-order valence-corrected chi connectivity index (χ2v) is 8.28. The Balaban J connectivity index is 1.40. The summed E-state index contributed by atoms with van der Waals surface area (Å²) in [5.41, 5.74) is 2.69. The standard InChI is InChI=1S/C28H27NO4/c1-31-22-12-10-21(11-13-22)28-26(24-6-2-3-7-25(24)33-28)27(30)20-8-14-23(15-9-20)32-19-18-29-16-4-5-17-29/h2-3,6-15H,4-5,16-19H2,1H3. The number of carbonyl (C=O) groups is 1. The molecule has 1 aliphatic rings. The van der Waals surface area contributed by atoms with E-state index in [1.807, 2.05) is 72.8 Å². The highest BCUT2D eigenvalue weighted by molar-refractivity contribution is 6.19. The molecule has 5 nitrogen and oxygen atoms in total. The van der Waals surface area contributed by atoms with Crippen LogP contribution in [-0.4, -0.2) is 44.0 Å². The molecule has 1 saturated heterocycles. The first-order valence-electron chi connectivity index (χ1n) is 11.4. The first kappa shape index (κ1) is 21.3. The topological polar surface area (TPSA) is 51.9 Å². The lowest BCUT2D eigenvalue weighted by Crippen LogP contribution is -2.25. The molecule has 2 heterocycles. The third kappa shape index (κ3) is 4.50. The van der Waals surface area contributed by atoms with Gasteiger partial charge in [-0.15, -0.1) is 0 Å². The van der Waals surface area contributed by atoms with E-state index in [0.717, 1.165) is 42.1 Å². The van der Waals surface area contributed by atoms with Gasteiger partial charge in [0.2, 0.25) is 0 Å². The third-order valence-corrected chi connectivity index (χ3v) is 6.17. The minimum absolute atomic E-state index is 0.0746. The zero-order valence-corrected chi connectivity index (χ0v) is 18.8. The fourth-order valence-corrected chi connectivity index (χ4v) is 4.36. The molecule has 0 unspecified atom stereocenters. The van der Waals surface area contributed by atoms with Crippen molar-refractivity contribution in [2.24, 2.45) is 0 Å². The van der Waals surface area contributed by atoms with Gasteiger partial charge in [-0.1, -0.05) is 18.2 Å². The molecule has 1 aliphatic heterocycles. The lowest BCUT2D eigenvalue weighted by Gasteiger charge is -2.15. The first-order chi connectivity index (χ1) is 16.2. The van der Waals surface area contributed by atoms with Crippen molar-refractivity contribution in [2.75, 3.05) is 33.4 Å². The number of ketones is 1. The van der Waals surface area contributed by atoms with Gasteiger partial charge in [0.05, 0.1) is 12.7 Å². The monoisotopic (exact) mass is 441 g/mol. The molecule has 168 valence electrons. The minimum atomic E-state index is -0.0746. The number of methoxy groups -OCH3 is 1. The quantitative estimate of drug-likeness (QED) is 0.323. The van der Waals surface area contributed by atoms with Crippen molar-refractivity contribution in [3.05, 3.63) is 83.9 Å². The maximum Gasteiger partial charge on any atom is 0.197 e. The van der Waals surface area contributed by atoms with Crippen molar-refractivity contribution in [1.82, 2.24) is 4.90 Å². The number of ether oxygens (including phenoxy) is 2. The third-order valence-electron chi connectivity index (χ3n) is 6.17. The van der Waals surface area contributed by atoms with Gasteiger partial charge in [-0.05, 0) is 80.5 Å². The Hall–Kier alpha value is -3.57. The van der Waals surface area contributed by atoms with E-state index in [1.54, 1.807) is 7.11 Å². The van der Waals surface area contributed by atoms with Crippen LogP contribution in [0.15, 0.2) is 77.2 Å². The Labute approximate surface area is 193 Å². The Morgan fingerprint density at radius 2 is 1.61 bits per heavy atom. The van der Waals surface area contributed by atoms with Gasteiger partial charge in [0.1, 0.15) is 29.4 Å². The zero-order chi connectivity index (χ0) is 22.6. The molecule has 0 N–H and O–H groups in total. The van der Waals surface area contributed by atoms with Crippen molar-refractivity contribution in [3.8, 4) is 22.8 Å². The van der Waals surface area contributed by atoms with Crippen molar-refractivity contribution in [3.63, 3.8) is 0 Å². The van der Waals surface area contributed by atoms with E-state index in [2.05, 4.69) is 4.90 Å². The van der Waals surface area contributed by atoms with E-state index < -0.39 is 0 Å². The van der Waals surface area contributed by atoms with Crippen LogP contribution in [0.2, 0.25) is 0 Å². The van der Waals surface area contributed by atoms with Crippen LogP contribution in [0.3, 0.4) is 0 Å². The number of furan rings is 1. The molecule has 1 aromatic heterocycles. The Morgan fingerprint density at radius 3 is 2.33 bits per heavy atom. The number of nitrogens with zero attached hydrogens (tertiary/aromatic N) is 1. The van der Waals surface area contributed by atoms with Crippen LogP contribution >= 0.6 is 0 Å². The number of benzene rings is 3. The molecule has 0 saturated carbocycles. The maximum absolute atomic E-state index is 13.6. The number of hydrogen-bond donors (Lipinski definition) is 0. The second kappa shape index (κ2) is 9.51. The molecule has 0 radical (unpaired) electrons. The summed E-state index contributed by atoms with van der Waals surface area (Å²) in [5, 5.41) is 0.805. The Morgan fingerprint density at radius 1 is 0.909 bits per heavy atom. The molecular weight excluding hydrogens is 414 g/mol. The summed E-state index contributed by atoms with van der Waals surface area (Å²) >= 11 is 0. The van der Waals surface area contributed by atoms with Crippen molar-refractivity contribution >= 4 is 16.8 Å². The molecule has 0 amide bonds. The van der Waals surface area contributed by atoms with Crippen LogP contribution in [0.4, 0.5) is 0 Å². The fourth-order valence-electron chi connectivity index (χ4n) is 4.36. The van der Waals surface area contributed by atoms with Gasteiger partial charge in [-0.2, -0.15) is 0 Å². The van der Waals surface area contributed by atoms with Gasteiger partial charge in [-0.3, -0.25) is 9.69 Å². The summed E-state index contributed by atoms with van der Waals surface area (Å²) in [6, 6.07) is 22.6. The van der Waals surface area contributed by atoms with E-state index >= 15 is 0 Å². The van der Waals surface area contributed by atoms with E-state index in [1.165, 1.54) is 12.8 Å². The van der Waals surface area contributed by atoms with E-state index in [-0.39, 0.29) is 5.78 Å². The largest absolute Gasteiger partial charge is 0.497 e. The Kier molecular flexibility index (Phi) is 6.13. The predicted molar refractivity (Wildman–Crippen MR) is 129 cm³/mol. The number of hydrogen-bond acceptors (Lipinski definition) is 5. The highest BCUT2D eigenvalue weighted by atomic mass is 16.5. The molecular formula is C28H27NO4. The SMILES string of the molecule is COc1ccc(-c2oc3ccccc3c2C(=O)c2ccc(OCCN3CCCC3)cc2)cc1. The molecule has 0 atom stereocenters. The first-order valence-corrected chi connectivity index (χ1v) is 11.4. The van der Waals surface area contributed by atoms with Gasteiger partial charge in [0.15, 0.2) is 5.78 Å². The van der Waals surface area contributed by atoms with Crippen LogP contribution in [0.1, 0.15) is 28.8 Å². The second-order valence-electron chi connectivity index (χ2n) is 8.28. The maximum atomic E-state index is 13.6. The molecule has 5 heteroatoms. The summed E-state index contributed by atoms with van der Waals surface area (Å²) in [6.07, 6.45) is 2.55. The fraction of sp³-hybridized carbons (Fsp3) is 0.250.